The van der Waals surface area contributed by atoms with Gasteiger partial charge >= 0.3 is 0 Å². The zero-order valence-electron chi connectivity index (χ0n) is 7.39. The number of alkyl halides is 1. The molecule has 1 aliphatic heterocycles. The Hall–Kier alpha value is -0.150. The van der Waals surface area contributed by atoms with E-state index >= 15 is 0 Å². The van der Waals surface area contributed by atoms with Crippen molar-refractivity contribution >= 4 is 0 Å². The predicted octanol–water partition coefficient (Wildman–Crippen LogP) is 0.592. The zero-order chi connectivity index (χ0) is 8.27. The van der Waals surface area contributed by atoms with E-state index in [0.717, 1.165) is 19.6 Å². The molecule has 1 aliphatic rings. The van der Waals surface area contributed by atoms with Gasteiger partial charge in [-0.1, -0.05) is 6.92 Å². The van der Waals surface area contributed by atoms with Crippen LogP contribution < -0.4 is 0 Å². The zero-order valence-corrected chi connectivity index (χ0v) is 7.39. The SMILES string of the molecule is CCN(CCF)C1CN(C)C1. The van der Waals surface area contributed by atoms with Gasteiger partial charge < -0.3 is 4.90 Å². The normalized spacial score (nSPS) is 20.7. The maximum absolute atomic E-state index is 12.0. The molecule has 0 unspecified atom stereocenters. The van der Waals surface area contributed by atoms with E-state index in [1.165, 1.54) is 0 Å². The summed E-state index contributed by atoms with van der Waals surface area (Å²) in [5.41, 5.74) is 0. The topological polar surface area (TPSA) is 6.48 Å². The van der Waals surface area contributed by atoms with Gasteiger partial charge in [-0.2, -0.15) is 0 Å². The van der Waals surface area contributed by atoms with Crippen LogP contribution in [0.2, 0.25) is 0 Å². The lowest BCUT2D eigenvalue weighted by Gasteiger charge is -2.43. The minimum Gasteiger partial charge on any atom is -0.303 e. The summed E-state index contributed by atoms with van der Waals surface area (Å²) in [5, 5.41) is 0. The Labute approximate surface area is 68.0 Å². The second kappa shape index (κ2) is 4.02. The molecule has 0 spiro atoms. The molecule has 2 nitrogen and oxygen atoms in total. The molecule has 0 atom stereocenters. The predicted molar refractivity (Wildman–Crippen MR) is 44.5 cm³/mol. The summed E-state index contributed by atoms with van der Waals surface area (Å²) in [5.74, 6) is 0. The van der Waals surface area contributed by atoms with Gasteiger partial charge in [-0.15, -0.1) is 0 Å². The average Bonchev–Trinajstić information content (AvgIpc) is 1.95. The van der Waals surface area contributed by atoms with E-state index < -0.39 is 0 Å². The van der Waals surface area contributed by atoms with Crippen molar-refractivity contribution in [1.82, 2.24) is 9.80 Å². The standard InChI is InChI=1S/C8H17FN2/c1-3-11(5-4-9)8-6-10(2)7-8/h8H,3-7H2,1-2H3. The molecule has 11 heavy (non-hydrogen) atoms. The van der Waals surface area contributed by atoms with Gasteiger partial charge in [0.15, 0.2) is 0 Å². The van der Waals surface area contributed by atoms with E-state index in [2.05, 4.69) is 23.8 Å². The van der Waals surface area contributed by atoms with E-state index in [0.29, 0.717) is 12.6 Å². The fourth-order valence-corrected chi connectivity index (χ4v) is 1.60. The highest BCUT2D eigenvalue weighted by Gasteiger charge is 2.27. The largest absolute Gasteiger partial charge is 0.303 e. The highest BCUT2D eigenvalue weighted by molar-refractivity contribution is 4.85. The van der Waals surface area contributed by atoms with Crippen LogP contribution in [-0.2, 0) is 0 Å². The minimum absolute atomic E-state index is 0.214. The first-order chi connectivity index (χ1) is 5.27. The van der Waals surface area contributed by atoms with Crippen molar-refractivity contribution in [3.05, 3.63) is 0 Å². The van der Waals surface area contributed by atoms with Crippen LogP contribution in [0.15, 0.2) is 0 Å². The molecule has 0 saturated carbocycles. The lowest BCUT2D eigenvalue weighted by Crippen LogP contribution is -2.58. The second-order valence-electron chi connectivity index (χ2n) is 3.19. The summed E-state index contributed by atoms with van der Waals surface area (Å²) < 4.78 is 12.0. The van der Waals surface area contributed by atoms with Crippen molar-refractivity contribution in [2.45, 2.75) is 13.0 Å². The average molecular weight is 160 g/mol. The molecule has 1 rings (SSSR count). The van der Waals surface area contributed by atoms with Gasteiger partial charge in [-0.25, -0.2) is 4.39 Å². The Bertz CT molecular complexity index is 113. The summed E-state index contributed by atoms with van der Waals surface area (Å²) in [4.78, 5) is 4.46. The molecule has 0 aromatic heterocycles. The van der Waals surface area contributed by atoms with Crippen molar-refractivity contribution in [3.8, 4) is 0 Å². The molecule has 0 N–H and O–H groups in total. The fraction of sp³-hybridized carbons (Fsp3) is 1.00. The van der Waals surface area contributed by atoms with E-state index in [4.69, 9.17) is 0 Å². The number of hydrogen-bond acceptors (Lipinski definition) is 2. The van der Waals surface area contributed by atoms with Crippen molar-refractivity contribution in [2.75, 3.05) is 39.9 Å². The van der Waals surface area contributed by atoms with E-state index in [9.17, 15) is 4.39 Å². The highest BCUT2D eigenvalue weighted by Crippen LogP contribution is 2.11. The summed E-state index contributed by atoms with van der Waals surface area (Å²) >= 11 is 0. The number of hydrogen-bond donors (Lipinski definition) is 0. The molecular formula is C8H17FN2. The molecule has 0 amide bonds. The van der Waals surface area contributed by atoms with Crippen LogP contribution in [0.25, 0.3) is 0 Å². The van der Waals surface area contributed by atoms with Gasteiger partial charge in [-0.05, 0) is 13.6 Å². The monoisotopic (exact) mass is 160 g/mol. The lowest BCUT2D eigenvalue weighted by atomic mass is 10.1. The summed E-state index contributed by atoms with van der Waals surface area (Å²) in [6.45, 7) is 5.67. The molecule has 1 heterocycles. The van der Waals surface area contributed by atoms with Gasteiger partial charge in [0.25, 0.3) is 0 Å². The summed E-state index contributed by atoms with van der Waals surface area (Å²) in [6.07, 6.45) is 0. The van der Waals surface area contributed by atoms with Gasteiger partial charge in [-0.3, -0.25) is 4.90 Å². The van der Waals surface area contributed by atoms with Crippen LogP contribution in [0.3, 0.4) is 0 Å². The molecule has 0 aromatic carbocycles. The maximum Gasteiger partial charge on any atom is 0.102 e. The smallest absolute Gasteiger partial charge is 0.102 e. The molecule has 1 fully saturated rings. The third-order valence-corrected chi connectivity index (χ3v) is 2.34. The number of rotatable bonds is 4. The number of nitrogens with zero attached hydrogens (tertiary/aromatic N) is 2. The lowest BCUT2D eigenvalue weighted by molar-refractivity contribution is 0.0521. The Morgan fingerprint density at radius 3 is 2.55 bits per heavy atom. The Balaban J connectivity index is 2.20. The van der Waals surface area contributed by atoms with Crippen LogP contribution in [0.4, 0.5) is 4.39 Å². The maximum atomic E-state index is 12.0. The molecule has 1 saturated heterocycles. The van der Waals surface area contributed by atoms with Crippen molar-refractivity contribution in [3.63, 3.8) is 0 Å². The van der Waals surface area contributed by atoms with E-state index in [1.807, 2.05) is 0 Å². The quantitative estimate of drug-likeness (QED) is 0.594. The third-order valence-electron chi connectivity index (χ3n) is 2.34. The van der Waals surface area contributed by atoms with E-state index in [-0.39, 0.29) is 6.67 Å². The molecule has 66 valence electrons. The van der Waals surface area contributed by atoms with Gasteiger partial charge in [0.05, 0.1) is 0 Å². The number of likely N-dealkylation sites (tertiary alicyclic amines) is 1. The molecule has 0 aliphatic carbocycles. The van der Waals surface area contributed by atoms with E-state index in [1.54, 1.807) is 0 Å². The molecule has 3 heteroatoms. The first-order valence-corrected chi connectivity index (χ1v) is 4.26. The number of halogens is 1. The van der Waals surface area contributed by atoms with Crippen molar-refractivity contribution in [2.24, 2.45) is 0 Å². The van der Waals surface area contributed by atoms with Crippen LogP contribution >= 0.6 is 0 Å². The van der Waals surface area contributed by atoms with Crippen LogP contribution in [0.5, 0.6) is 0 Å². The Morgan fingerprint density at radius 2 is 2.18 bits per heavy atom. The molecule has 0 radical (unpaired) electrons. The van der Waals surface area contributed by atoms with Gasteiger partial charge in [0.1, 0.15) is 6.67 Å². The Kier molecular flexibility index (Phi) is 3.27. The Morgan fingerprint density at radius 1 is 1.55 bits per heavy atom. The molecular weight excluding hydrogens is 143 g/mol. The first kappa shape index (κ1) is 8.94. The fourth-order valence-electron chi connectivity index (χ4n) is 1.60. The summed E-state index contributed by atoms with van der Waals surface area (Å²) in [6, 6.07) is 0.612. The third kappa shape index (κ3) is 2.14. The molecule has 0 aromatic rings. The van der Waals surface area contributed by atoms with Crippen molar-refractivity contribution < 1.29 is 4.39 Å². The first-order valence-electron chi connectivity index (χ1n) is 4.26. The van der Waals surface area contributed by atoms with Crippen LogP contribution in [-0.4, -0.2) is 55.7 Å². The summed E-state index contributed by atoms with van der Waals surface area (Å²) in [7, 11) is 2.10. The second-order valence-corrected chi connectivity index (χ2v) is 3.19. The van der Waals surface area contributed by atoms with Crippen molar-refractivity contribution in [1.29, 1.82) is 0 Å². The van der Waals surface area contributed by atoms with Crippen LogP contribution in [0, 0.1) is 0 Å². The van der Waals surface area contributed by atoms with Crippen LogP contribution in [0.1, 0.15) is 6.92 Å². The van der Waals surface area contributed by atoms with Gasteiger partial charge in [0, 0.05) is 25.7 Å². The minimum atomic E-state index is -0.214. The van der Waals surface area contributed by atoms with Gasteiger partial charge in [0.2, 0.25) is 0 Å². The highest BCUT2D eigenvalue weighted by atomic mass is 19.1. The molecule has 0 bridgehead atoms. The number of likely N-dealkylation sites (N-methyl/N-ethyl adjacent to an activating group) is 2.